The zero-order valence-corrected chi connectivity index (χ0v) is 36.9. The summed E-state index contributed by atoms with van der Waals surface area (Å²) >= 11 is 0. The second-order valence-electron chi connectivity index (χ2n) is 17.2. The first-order valence-electron chi connectivity index (χ1n) is 23.0. The van der Waals surface area contributed by atoms with Gasteiger partial charge in [-0.2, -0.15) is 0 Å². The minimum absolute atomic E-state index is 0.595. The Morgan fingerprint density at radius 3 is 1.25 bits per heavy atom. The molecule has 13 aromatic rings. The van der Waals surface area contributed by atoms with Crippen LogP contribution in [0.2, 0.25) is 0 Å². The van der Waals surface area contributed by atoms with Crippen molar-refractivity contribution in [3.05, 3.63) is 249 Å². The zero-order chi connectivity index (χ0) is 45.0. The van der Waals surface area contributed by atoms with Crippen molar-refractivity contribution in [1.82, 2.24) is 24.1 Å². The number of para-hydroxylation sites is 3. The third-order valence-corrected chi connectivity index (χ3v) is 13.2. The normalized spacial score (nSPS) is 11.5. The Morgan fingerprint density at radius 1 is 0.221 bits per heavy atom. The first-order chi connectivity index (χ1) is 33.7. The molecular weight excluding hydrogens is 827 g/mol. The average molecular weight is 868 g/mol. The molecule has 0 fully saturated rings. The van der Waals surface area contributed by atoms with Crippen LogP contribution in [0, 0.1) is 0 Å². The van der Waals surface area contributed by atoms with E-state index in [1.54, 1.807) is 0 Å². The minimum atomic E-state index is 0.595. The first-order valence-corrected chi connectivity index (χ1v) is 23.0. The maximum Gasteiger partial charge on any atom is 0.164 e. The van der Waals surface area contributed by atoms with Crippen LogP contribution in [-0.2, 0) is 0 Å². The molecule has 0 saturated heterocycles. The highest BCUT2D eigenvalue weighted by atomic mass is 15.0. The third-order valence-electron chi connectivity index (χ3n) is 13.2. The Morgan fingerprint density at radius 2 is 0.632 bits per heavy atom. The summed E-state index contributed by atoms with van der Waals surface area (Å²) in [5, 5.41) is 4.85. The molecular formula is C63H41N5. The topological polar surface area (TPSA) is 48.5 Å². The summed E-state index contributed by atoms with van der Waals surface area (Å²) in [6, 6.07) is 88.1. The number of benzene rings is 10. The van der Waals surface area contributed by atoms with E-state index in [0.29, 0.717) is 17.5 Å². The second-order valence-corrected chi connectivity index (χ2v) is 17.2. The van der Waals surface area contributed by atoms with Crippen LogP contribution < -0.4 is 0 Å². The van der Waals surface area contributed by atoms with E-state index in [4.69, 9.17) is 15.0 Å². The van der Waals surface area contributed by atoms with Crippen LogP contribution in [-0.4, -0.2) is 24.1 Å². The quantitative estimate of drug-likeness (QED) is 0.153. The van der Waals surface area contributed by atoms with E-state index in [9.17, 15) is 0 Å². The van der Waals surface area contributed by atoms with Crippen molar-refractivity contribution in [2.75, 3.05) is 0 Å². The number of hydrogen-bond donors (Lipinski definition) is 0. The molecule has 0 atom stereocenters. The molecule has 0 aliphatic rings. The van der Waals surface area contributed by atoms with Gasteiger partial charge in [0, 0.05) is 49.6 Å². The van der Waals surface area contributed by atoms with E-state index in [-0.39, 0.29) is 0 Å². The van der Waals surface area contributed by atoms with Crippen molar-refractivity contribution >= 4 is 43.6 Å². The molecule has 0 spiro atoms. The van der Waals surface area contributed by atoms with E-state index in [0.717, 1.165) is 72.5 Å². The van der Waals surface area contributed by atoms with Crippen LogP contribution in [0.25, 0.3) is 123 Å². The lowest BCUT2D eigenvalue weighted by molar-refractivity contribution is 1.07. The molecule has 0 N–H and O–H groups in total. The van der Waals surface area contributed by atoms with Crippen molar-refractivity contribution in [3.63, 3.8) is 0 Å². The Kier molecular flexibility index (Phi) is 9.43. The lowest BCUT2D eigenvalue weighted by atomic mass is 9.98. The van der Waals surface area contributed by atoms with Crippen LogP contribution in [0.5, 0.6) is 0 Å². The summed E-state index contributed by atoms with van der Waals surface area (Å²) in [7, 11) is 0. The van der Waals surface area contributed by atoms with Gasteiger partial charge in [-0.15, -0.1) is 0 Å². The first kappa shape index (κ1) is 39.2. The predicted octanol–water partition coefficient (Wildman–Crippen LogP) is 16.1. The fraction of sp³-hybridized carbons (Fsp3) is 0. The highest BCUT2D eigenvalue weighted by Crippen LogP contribution is 2.40. The fourth-order valence-corrected chi connectivity index (χ4v) is 9.97. The molecule has 0 aliphatic carbocycles. The standard InChI is InChI=1S/C63H41N5/c1-4-17-42(18-5-1)44-31-33-46(34-32-44)61-64-62(48-24-16-23-47(39-48)43-19-6-2-7-20-43)66-63(65-61)56-41-49(35-37-51(56)45-21-8-3-9-22-45)68-59-30-15-12-27-54(59)55-40-50(36-38-60(55)68)67-57-28-13-10-25-52(57)53-26-11-14-29-58(53)67/h1-41H. The summed E-state index contributed by atoms with van der Waals surface area (Å²) in [6.45, 7) is 0. The maximum atomic E-state index is 5.39. The summed E-state index contributed by atoms with van der Waals surface area (Å²) < 4.78 is 4.77. The maximum absolute atomic E-state index is 5.39. The van der Waals surface area contributed by atoms with Gasteiger partial charge in [-0.1, -0.05) is 194 Å². The highest BCUT2D eigenvalue weighted by molar-refractivity contribution is 6.12. The molecule has 0 aliphatic heterocycles. The smallest absolute Gasteiger partial charge is 0.164 e. The molecule has 0 bridgehead atoms. The monoisotopic (exact) mass is 867 g/mol. The van der Waals surface area contributed by atoms with Crippen LogP contribution in [0.1, 0.15) is 0 Å². The lowest BCUT2D eigenvalue weighted by Gasteiger charge is -2.16. The Labute approximate surface area is 393 Å². The summed E-state index contributed by atoms with van der Waals surface area (Å²) in [4.78, 5) is 16.0. The van der Waals surface area contributed by atoms with E-state index >= 15 is 0 Å². The third kappa shape index (κ3) is 6.76. The molecule has 3 aromatic heterocycles. The van der Waals surface area contributed by atoms with Crippen LogP contribution in [0.15, 0.2) is 249 Å². The number of aromatic nitrogens is 5. The van der Waals surface area contributed by atoms with Gasteiger partial charge in [-0.05, 0) is 88.0 Å². The van der Waals surface area contributed by atoms with Gasteiger partial charge in [0.1, 0.15) is 0 Å². The molecule has 5 nitrogen and oxygen atoms in total. The largest absolute Gasteiger partial charge is 0.309 e. The second kappa shape index (κ2) is 16.4. The SMILES string of the molecule is c1ccc(-c2ccc(-c3nc(-c4cccc(-c5ccccc5)c4)nc(-c4cc(-n5c6ccccc6c6cc(-n7c8ccccc8c8ccccc87)ccc65)ccc4-c4ccccc4)n3)cc2)cc1. The summed E-state index contributed by atoms with van der Waals surface area (Å²) in [5.41, 5.74) is 16.1. The molecule has 68 heavy (non-hydrogen) atoms. The van der Waals surface area contributed by atoms with Crippen LogP contribution in [0.3, 0.4) is 0 Å². The van der Waals surface area contributed by atoms with Gasteiger partial charge in [-0.25, -0.2) is 15.0 Å². The average Bonchev–Trinajstić information content (AvgIpc) is 3.94. The molecule has 318 valence electrons. The van der Waals surface area contributed by atoms with Gasteiger partial charge in [-0.3, -0.25) is 0 Å². The summed E-state index contributed by atoms with van der Waals surface area (Å²) in [6.07, 6.45) is 0. The molecule has 0 radical (unpaired) electrons. The lowest BCUT2D eigenvalue weighted by Crippen LogP contribution is -2.02. The van der Waals surface area contributed by atoms with Gasteiger partial charge in [0.05, 0.1) is 22.1 Å². The molecule has 0 unspecified atom stereocenters. The molecule has 3 heterocycles. The molecule has 5 heteroatoms. The van der Waals surface area contributed by atoms with Gasteiger partial charge < -0.3 is 9.13 Å². The van der Waals surface area contributed by atoms with E-state index < -0.39 is 0 Å². The zero-order valence-electron chi connectivity index (χ0n) is 36.9. The van der Waals surface area contributed by atoms with Crippen LogP contribution >= 0.6 is 0 Å². The van der Waals surface area contributed by atoms with Crippen LogP contribution in [0.4, 0.5) is 0 Å². The van der Waals surface area contributed by atoms with Crippen molar-refractivity contribution < 1.29 is 0 Å². The van der Waals surface area contributed by atoms with E-state index in [2.05, 4.69) is 246 Å². The van der Waals surface area contributed by atoms with E-state index in [1.165, 1.54) is 32.6 Å². The Bertz CT molecular complexity index is 3950. The molecule has 0 amide bonds. The van der Waals surface area contributed by atoms with Gasteiger partial charge in [0.25, 0.3) is 0 Å². The molecule has 13 rings (SSSR count). The van der Waals surface area contributed by atoms with E-state index in [1.807, 2.05) is 12.1 Å². The number of hydrogen-bond acceptors (Lipinski definition) is 3. The Balaban J connectivity index is 1.02. The fourth-order valence-electron chi connectivity index (χ4n) is 9.97. The van der Waals surface area contributed by atoms with Gasteiger partial charge >= 0.3 is 0 Å². The van der Waals surface area contributed by atoms with Gasteiger partial charge in [0.15, 0.2) is 17.5 Å². The van der Waals surface area contributed by atoms with Crippen molar-refractivity contribution in [1.29, 1.82) is 0 Å². The van der Waals surface area contributed by atoms with Crippen molar-refractivity contribution in [2.45, 2.75) is 0 Å². The predicted molar refractivity (Wildman–Crippen MR) is 281 cm³/mol. The number of rotatable bonds is 8. The minimum Gasteiger partial charge on any atom is -0.309 e. The number of fused-ring (bicyclic) bond motifs is 6. The van der Waals surface area contributed by atoms with Crippen molar-refractivity contribution in [3.8, 4) is 78.9 Å². The van der Waals surface area contributed by atoms with Gasteiger partial charge in [0.2, 0.25) is 0 Å². The highest BCUT2D eigenvalue weighted by Gasteiger charge is 2.21. The summed E-state index contributed by atoms with van der Waals surface area (Å²) in [5.74, 6) is 1.81. The molecule has 0 saturated carbocycles. The number of nitrogens with zero attached hydrogens (tertiary/aromatic N) is 5. The molecule has 10 aromatic carbocycles. The van der Waals surface area contributed by atoms with Crippen molar-refractivity contribution in [2.24, 2.45) is 0 Å². The Hall–Kier alpha value is -9.19.